The predicted octanol–water partition coefficient (Wildman–Crippen LogP) is 1.90. The van der Waals surface area contributed by atoms with Gasteiger partial charge in [0.05, 0.1) is 11.3 Å². The summed E-state index contributed by atoms with van der Waals surface area (Å²) < 4.78 is 0. The lowest BCUT2D eigenvalue weighted by molar-refractivity contribution is 0.0998. The molecular formula is C13H19N3O. The molecule has 0 saturated heterocycles. The Bertz CT molecular complexity index is 402. The van der Waals surface area contributed by atoms with Gasteiger partial charge in [0.2, 0.25) is 0 Å². The van der Waals surface area contributed by atoms with Crippen molar-refractivity contribution in [3.05, 3.63) is 35.5 Å². The predicted molar refractivity (Wildman–Crippen MR) is 70.2 cm³/mol. The lowest BCUT2D eigenvalue weighted by Gasteiger charge is -2.12. The first-order valence-electron chi connectivity index (χ1n) is 5.81. The molecule has 0 fully saturated rings. The van der Waals surface area contributed by atoms with Crippen LogP contribution in [0.3, 0.4) is 0 Å². The van der Waals surface area contributed by atoms with E-state index in [0.29, 0.717) is 18.5 Å². The van der Waals surface area contributed by atoms with E-state index in [9.17, 15) is 4.79 Å². The van der Waals surface area contributed by atoms with Gasteiger partial charge in [-0.15, -0.1) is 6.58 Å². The fraction of sp³-hybridized carbons (Fsp3) is 0.385. The third-order valence-electron chi connectivity index (χ3n) is 2.57. The number of pyridine rings is 1. The monoisotopic (exact) mass is 233 g/mol. The van der Waals surface area contributed by atoms with Crippen molar-refractivity contribution >= 4 is 11.7 Å². The first-order valence-corrected chi connectivity index (χ1v) is 5.81. The molecule has 1 aromatic heterocycles. The van der Waals surface area contributed by atoms with Crippen molar-refractivity contribution in [1.82, 2.24) is 4.98 Å². The molecule has 0 radical (unpaired) electrons. The minimum absolute atomic E-state index is 0.401. The average Bonchev–Trinajstić information content (AvgIpc) is 2.34. The van der Waals surface area contributed by atoms with Gasteiger partial charge in [0.25, 0.3) is 5.91 Å². The van der Waals surface area contributed by atoms with Crippen molar-refractivity contribution in [2.75, 3.05) is 11.9 Å². The number of nitrogens with zero attached hydrogens (tertiary/aromatic N) is 1. The number of hydrogen-bond acceptors (Lipinski definition) is 3. The smallest absolute Gasteiger partial charge is 0.250 e. The van der Waals surface area contributed by atoms with Crippen LogP contribution in [0.4, 0.5) is 5.82 Å². The van der Waals surface area contributed by atoms with Crippen LogP contribution in [0, 0.1) is 0 Å². The zero-order valence-electron chi connectivity index (χ0n) is 10.4. The summed E-state index contributed by atoms with van der Waals surface area (Å²) >= 11 is 0. The summed E-state index contributed by atoms with van der Waals surface area (Å²) in [6.45, 7) is 8.25. The second-order valence-corrected chi connectivity index (χ2v) is 3.73. The Labute approximate surface area is 102 Å². The summed E-state index contributed by atoms with van der Waals surface area (Å²) in [4.78, 5) is 15.8. The molecule has 0 bridgehead atoms. The molecule has 0 aliphatic heterocycles. The first kappa shape index (κ1) is 13.2. The van der Waals surface area contributed by atoms with Gasteiger partial charge >= 0.3 is 0 Å². The molecule has 0 unspecified atom stereocenters. The molecule has 4 heteroatoms. The molecule has 17 heavy (non-hydrogen) atoms. The Morgan fingerprint density at radius 1 is 1.53 bits per heavy atom. The normalized spacial score (nSPS) is 10.0. The molecule has 0 aromatic carbocycles. The van der Waals surface area contributed by atoms with Crippen molar-refractivity contribution in [2.45, 2.75) is 26.7 Å². The number of carbonyl (C=O) groups is 1. The highest BCUT2D eigenvalue weighted by Gasteiger charge is 2.14. The zero-order chi connectivity index (χ0) is 12.8. The summed E-state index contributed by atoms with van der Waals surface area (Å²) in [5.41, 5.74) is 7.66. The van der Waals surface area contributed by atoms with Crippen LogP contribution in [0.5, 0.6) is 0 Å². The minimum atomic E-state index is -0.401. The van der Waals surface area contributed by atoms with E-state index in [4.69, 9.17) is 5.73 Å². The summed E-state index contributed by atoms with van der Waals surface area (Å²) in [6, 6.07) is 1.88. The van der Waals surface area contributed by atoms with Crippen LogP contribution in [0.15, 0.2) is 18.7 Å². The number of rotatable bonds is 6. The molecule has 4 nitrogen and oxygen atoms in total. The maximum absolute atomic E-state index is 11.4. The third kappa shape index (κ3) is 3.06. The largest absolute Gasteiger partial charge is 0.367 e. The average molecular weight is 233 g/mol. The summed E-state index contributed by atoms with van der Waals surface area (Å²) in [5, 5.41) is 3.13. The van der Waals surface area contributed by atoms with Gasteiger partial charge in [-0.05, 0) is 24.5 Å². The van der Waals surface area contributed by atoms with E-state index in [1.54, 1.807) is 6.08 Å². The van der Waals surface area contributed by atoms with E-state index in [0.717, 1.165) is 23.5 Å². The van der Waals surface area contributed by atoms with Crippen LogP contribution in [0.25, 0.3) is 0 Å². The van der Waals surface area contributed by atoms with Gasteiger partial charge in [-0.2, -0.15) is 0 Å². The topological polar surface area (TPSA) is 68.0 Å². The van der Waals surface area contributed by atoms with Gasteiger partial charge < -0.3 is 11.1 Å². The van der Waals surface area contributed by atoms with Crippen LogP contribution in [-0.4, -0.2) is 17.4 Å². The molecule has 1 aromatic rings. The molecule has 1 heterocycles. The van der Waals surface area contributed by atoms with E-state index in [2.05, 4.69) is 16.9 Å². The van der Waals surface area contributed by atoms with Crippen LogP contribution >= 0.6 is 0 Å². The Balaban J connectivity index is 3.23. The van der Waals surface area contributed by atoms with Crippen molar-refractivity contribution < 1.29 is 4.79 Å². The molecule has 3 N–H and O–H groups in total. The highest BCUT2D eigenvalue weighted by Crippen LogP contribution is 2.18. The van der Waals surface area contributed by atoms with Crippen LogP contribution in [-0.2, 0) is 12.8 Å². The highest BCUT2D eigenvalue weighted by molar-refractivity contribution is 5.95. The number of aromatic nitrogens is 1. The number of hydrogen-bond donors (Lipinski definition) is 2. The third-order valence-corrected chi connectivity index (χ3v) is 2.57. The van der Waals surface area contributed by atoms with E-state index >= 15 is 0 Å². The number of primary amides is 1. The molecule has 1 amide bonds. The number of amides is 1. The minimum Gasteiger partial charge on any atom is -0.367 e. The van der Waals surface area contributed by atoms with Gasteiger partial charge in [0.15, 0.2) is 0 Å². The SMILES string of the molecule is C=CCNc1cc(CC)c(C(N)=O)c(CC)n1. The number of aryl methyl sites for hydroxylation is 2. The Morgan fingerprint density at radius 2 is 2.24 bits per heavy atom. The number of anilines is 1. The summed E-state index contributed by atoms with van der Waals surface area (Å²) in [6.07, 6.45) is 3.21. The van der Waals surface area contributed by atoms with Crippen LogP contribution in [0.2, 0.25) is 0 Å². The Morgan fingerprint density at radius 3 is 2.71 bits per heavy atom. The second kappa shape index (κ2) is 6.03. The fourth-order valence-corrected chi connectivity index (χ4v) is 1.76. The number of nitrogens with one attached hydrogen (secondary N) is 1. The van der Waals surface area contributed by atoms with Crippen LogP contribution < -0.4 is 11.1 Å². The molecular weight excluding hydrogens is 214 g/mol. The van der Waals surface area contributed by atoms with Crippen molar-refractivity contribution in [3.63, 3.8) is 0 Å². The highest BCUT2D eigenvalue weighted by atomic mass is 16.1. The molecule has 0 aliphatic carbocycles. The zero-order valence-corrected chi connectivity index (χ0v) is 10.4. The molecule has 0 aliphatic rings. The van der Waals surface area contributed by atoms with Gasteiger partial charge in [0, 0.05) is 6.54 Å². The maximum atomic E-state index is 11.4. The van der Waals surface area contributed by atoms with E-state index in [1.807, 2.05) is 19.9 Å². The lowest BCUT2D eigenvalue weighted by atomic mass is 10.0. The quantitative estimate of drug-likeness (QED) is 0.737. The lowest BCUT2D eigenvalue weighted by Crippen LogP contribution is -2.18. The second-order valence-electron chi connectivity index (χ2n) is 3.73. The molecule has 1 rings (SSSR count). The molecule has 0 spiro atoms. The van der Waals surface area contributed by atoms with Crippen molar-refractivity contribution in [2.24, 2.45) is 5.73 Å². The van der Waals surface area contributed by atoms with E-state index in [1.165, 1.54) is 0 Å². The number of carbonyl (C=O) groups excluding carboxylic acids is 1. The standard InChI is InChI=1S/C13H19N3O/c1-4-7-15-11-8-9(5-2)12(13(14)17)10(6-3)16-11/h4,8H,1,5-7H2,2-3H3,(H2,14,17)(H,15,16). The molecule has 0 atom stereocenters. The summed E-state index contributed by atoms with van der Waals surface area (Å²) in [5.74, 6) is 0.366. The maximum Gasteiger partial charge on any atom is 0.250 e. The molecule has 92 valence electrons. The first-order chi connectivity index (χ1) is 8.13. The number of nitrogens with two attached hydrogens (primary N) is 1. The van der Waals surface area contributed by atoms with Crippen molar-refractivity contribution in [3.8, 4) is 0 Å². The van der Waals surface area contributed by atoms with E-state index in [-0.39, 0.29) is 0 Å². The van der Waals surface area contributed by atoms with Gasteiger partial charge in [-0.3, -0.25) is 4.79 Å². The Hall–Kier alpha value is -1.84. The Kier molecular flexibility index (Phi) is 4.69. The van der Waals surface area contributed by atoms with Crippen LogP contribution in [0.1, 0.15) is 35.5 Å². The van der Waals surface area contributed by atoms with Gasteiger partial charge in [-0.25, -0.2) is 4.98 Å². The van der Waals surface area contributed by atoms with Crippen molar-refractivity contribution in [1.29, 1.82) is 0 Å². The molecule has 0 saturated carbocycles. The fourth-order valence-electron chi connectivity index (χ4n) is 1.76. The van der Waals surface area contributed by atoms with E-state index < -0.39 is 5.91 Å². The van der Waals surface area contributed by atoms with Gasteiger partial charge in [-0.1, -0.05) is 19.9 Å². The summed E-state index contributed by atoms with van der Waals surface area (Å²) in [7, 11) is 0. The van der Waals surface area contributed by atoms with Gasteiger partial charge in [0.1, 0.15) is 5.82 Å².